The van der Waals surface area contributed by atoms with Crippen LogP contribution in [0.15, 0.2) is 42.2 Å². The third-order valence-electron chi connectivity index (χ3n) is 10.8. The fourth-order valence-electron chi connectivity index (χ4n) is 6.88. The molecule has 13 heteroatoms. The highest BCUT2D eigenvalue weighted by atomic mass is 16.7. The molecule has 2 aliphatic rings. The third-order valence-corrected chi connectivity index (χ3v) is 10.8. The molecular weight excluding hydrogens is 809 g/mol. The molecule has 1 fully saturated rings. The maximum atomic E-state index is 13.7. The highest BCUT2D eigenvalue weighted by Gasteiger charge is 2.49. The number of carbonyl (C=O) groups is 1. The Bertz CT molecular complexity index is 1280. The number of ether oxygens (including phenoxy) is 12. The zero-order valence-corrected chi connectivity index (χ0v) is 40.1. The fraction of sp³-hybridized carbons (Fsp3) is 0.820. The first-order valence-electron chi connectivity index (χ1n) is 24.7. The van der Waals surface area contributed by atoms with Crippen molar-refractivity contribution in [3.8, 4) is 0 Å². The summed E-state index contributed by atoms with van der Waals surface area (Å²) in [6.07, 6.45) is 9.53. The predicted octanol–water partition coefficient (Wildman–Crippen LogP) is 9.77. The van der Waals surface area contributed by atoms with Crippen LogP contribution in [0.3, 0.4) is 0 Å². The lowest BCUT2D eigenvalue weighted by molar-refractivity contribution is -0.327. The molecule has 364 valence electrons. The van der Waals surface area contributed by atoms with Crippen LogP contribution in [0.1, 0.15) is 149 Å². The second kappa shape index (κ2) is 35.1. The van der Waals surface area contributed by atoms with Crippen LogP contribution in [-0.4, -0.2) is 134 Å². The molecule has 2 aliphatic heterocycles. The summed E-state index contributed by atoms with van der Waals surface area (Å²) >= 11 is 0. The van der Waals surface area contributed by atoms with Crippen molar-refractivity contribution in [1.29, 1.82) is 0 Å². The van der Waals surface area contributed by atoms with Gasteiger partial charge in [-0.1, -0.05) is 112 Å². The molecule has 0 amide bonds. The van der Waals surface area contributed by atoms with Gasteiger partial charge in [0.1, 0.15) is 48.5 Å². The summed E-state index contributed by atoms with van der Waals surface area (Å²) in [6.45, 7) is 19.3. The first kappa shape index (κ1) is 55.2. The summed E-state index contributed by atoms with van der Waals surface area (Å²) in [4.78, 5) is 13.7. The van der Waals surface area contributed by atoms with E-state index < -0.39 is 61.3 Å². The lowest BCUT2D eigenvalue weighted by Crippen LogP contribution is -2.62. The van der Waals surface area contributed by atoms with Gasteiger partial charge >= 0.3 is 5.97 Å². The highest BCUT2D eigenvalue weighted by Crippen LogP contribution is 2.31. The second-order valence-electron chi connectivity index (χ2n) is 16.5. The average Bonchev–Trinajstić information content (AvgIpc) is 3.30. The first-order valence-corrected chi connectivity index (χ1v) is 24.7. The van der Waals surface area contributed by atoms with E-state index in [0.717, 1.165) is 89.9 Å². The van der Waals surface area contributed by atoms with E-state index in [2.05, 4.69) is 48.5 Å². The van der Waals surface area contributed by atoms with Gasteiger partial charge in [-0.25, -0.2) is 4.79 Å². The van der Waals surface area contributed by atoms with Crippen molar-refractivity contribution < 1.29 is 61.6 Å². The number of unbranched alkanes of at least 4 members (excludes halogenated alkanes) is 7. The van der Waals surface area contributed by atoms with E-state index >= 15 is 0 Å². The normalized spacial score (nSPS) is 24.3. The average molecular weight is 895 g/mol. The molecule has 9 atom stereocenters. The fourth-order valence-corrected chi connectivity index (χ4v) is 6.88. The molecule has 0 saturated carbocycles. The Morgan fingerprint density at radius 2 is 1.05 bits per heavy atom. The van der Waals surface area contributed by atoms with Gasteiger partial charge < -0.3 is 56.8 Å². The van der Waals surface area contributed by atoms with Gasteiger partial charge in [-0.3, -0.25) is 0 Å². The van der Waals surface area contributed by atoms with E-state index in [-0.39, 0.29) is 13.2 Å². The number of rotatable bonds is 38. The zero-order chi connectivity index (χ0) is 45.3. The number of hydrogen-bond acceptors (Lipinski definition) is 13. The van der Waals surface area contributed by atoms with Crippen LogP contribution < -0.4 is 0 Å². The van der Waals surface area contributed by atoms with Gasteiger partial charge in [0.05, 0.1) is 38.6 Å². The molecular formula is C50H86O13. The summed E-state index contributed by atoms with van der Waals surface area (Å²) in [5, 5.41) is 0. The van der Waals surface area contributed by atoms with E-state index in [4.69, 9.17) is 56.8 Å². The maximum Gasteiger partial charge on any atom is 0.338 e. The van der Waals surface area contributed by atoms with E-state index in [1.807, 2.05) is 12.1 Å². The zero-order valence-electron chi connectivity index (χ0n) is 40.1. The van der Waals surface area contributed by atoms with Crippen LogP contribution in [0.2, 0.25) is 0 Å². The van der Waals surface area contributed by atoms with Gasteiger partial charge in [0.25, 0.3) is 0 Å². The minimum atomic E-state index is -0.885. The molecule has 0 bridgehead atoms. The number of esters is 1. The monoisotopic (exact) mass is 895 g/mol. The van der Waals surface area contributed by atoms with Gasteiger partial charge in [-0.05, 0) is 63.2 Å². The standard InChI is InChI=1S/C50H86O13/c1-8-15-27-52-37-43-41(54-29-17-10-3)34-42(55-30-18-11-4)49(62-43)59-35-40(61-48(51)39-25-23-22-24-26-39)36-60-50-47(58-33-21-14-7)46(57-32-20-13-6)45(56-31-19-12-5)44(63-50)38-53-28-16-9-2/h22-26,34,40,42-47,49-50H,8-21,27-33,35-38H2,1-7H3. The summed E-state index contributed by atoms with van der Waals surface area (Å²) in [7, 11) is 0. The summed E-state index contributed by atoms with van der Waals surface area (Å²) < 4.78 is 77.5. The van der Waals surface area contributed by atoms with Crippen LogP contribution in [0.4, 0.5) is 0 Å². The Morgan fingerprint density at radius 1 is 0.540 bits per heavy atom. The number of carbonyl (C=O) groups excluding carboxylic acids is 1. The van der Waals surface area contributed by atoms with Crippen molar-refractivity contribution in [2.75, 3.05) is 72.7 Å². The molecule has 2 heterocycles. The van der Waals surface area contributed by atoms with E-state index in [1.54, 1.807) is 24.3 Å². The molecule has 3 rings (SSSR count). The molecule has 1 aromatic carbocycles. The summed E-state index contributed by atoms with van der Waals surface area (Å²) in [6, 6.07) is 8.90. The van der Waals surface area contributed by atoms with Gasteiger partial charge in [-0.2, -0.15) is 0 Å². The van der Waals surface area contributed by atoms with Crippen LogP contribution >= 0.6 is 0 Å². The Kier molecular flexibility index (Phi) is 30.7. The van der Waals surface area contributed by atoms with Gasteiger partial charge in [0.15, 0.2) is 12.6 Å². The minimum Gasteiger partial charge on any atom is -0.495 e. The quantitative estimate of drug-likeness (QED) is 0.0462. The lowest BCUT2D eigenvalue weighted by atomic mass is 9.98. The number of benzene rings is 1. The van der Waals surface area contributed by atoms with Crippen molar-refractivity contribution in [1.82, 2.24) is 0 Å². The Morgan fingerprint density at radius 3 is 1.65 bits per heavy atom. The van der Waals surface area contributed by atoms with Crippen molar-refractivity contribution >= 4 is 5.97 Å². The Labute approximate surface area is 380 Å². The molecule has 0 radical (unpaired) electrons. The second-order valence-corrected chi connectivity index (χ2v) is 16.5. The van der Waals surface area contributed by atoms with Crippen molar-refractivity contribution in [2.24, 2.45) is 0 Å². The smallest absolute Gasteiger partial charge is 0.338 e. The molecule has 1 saturated heterocycles. The Balaban J connectivity index is 1.94. The van der Waals surface area contributed by atoms with Crippen molar-refractivity contribution in [3.63, 3.8) is 0 Å². The minimum absolute atomic E-state index is 0.0586. The van der Waals surface area contributed by atoms with Gasteiger partial charge in [0, 0.05) is 39.6 Å². The van der Waals surface area contributed by atoms with Crippen molar-refractivity contribution in [2.45, 2.75) is 194 Å². The van der Waals surface area contributed by atoms with Crippen LogP contribution in [0.25, 0.3) is 0 Å². The maximum absolute atomic E-state index is 13.7. The van der Waals surface area contributed by atoms with Crippen LogP contribution in [0, 0.1) is 0 Å². The molecule has 0 N–H and O–H groups in total. The molecule has 1 aromatic rings. The van der Waals surface area contributed by atoms with E-state index in [9.17, 15) is 4.79 Å². The lowest BCUT2D eigenvalue weighted by Gasteiger charge is -2.46. The van der Waals surface area contributed by atoms with Gasteiger partial charge in [0.2, 0.25) is 0 Å². The molecule has 13 nitrogen and oxygen atoms in total. The molecule has 0 spiro atoms. The van der Waals surface area contributed by atoms with Crippen LogP contribution in [-0.2, 0) is 56.8 Å². The number of hydrogen-bond donors (Lipinski definition) is 0. The topological polar surface area (TPSA) is 128 Å². The third kappa shape index (κ3) is 21.3. The predicted molar refractivity (Wildman–Crippen MR) is 244 cm³/mol. The van der Waals surface area contributed by atoms with Gasteiger partial charge in [-0.15, -0.1) is 0 Å². The summed E-state index contributed by atoms with van der Waals surface area (Å²) in [5.41, 5.74) is 0.411. The summed E-state index contributed by atoms with van der Waals surface area (Å²) in [5.74, 6) is 0.177. The Hall–Kier alpha value is -2.17. The molecule has 9 unspecified atom stereocenters. The molecule has 0 aliphatic carbocycles. The highest BCUT2D eigenvalue weighted by molar-refractivity contribution is 5.89. The van der Waals surface area contributed by atoms with Crippen molar-refractivity contribution in [3.05, 3.63) is 47.7 Å². The molecule has 63 heavy (non-hydrogen) atoms. The van der Waals surface area contributed by atoms with E-state index in [0.29, 0.717) is 70.8 Å². The largest absolute Gasteiger partial charge is 0.495 e. The molecule has 0 aromatic heterocycles. The van der Waals surface area contributed by atoms with E-state index in [1.165, 1.54) is 0 Å². The SMILES string of the molecule is CCCCOCC1OC(OCC(COC2OC(COCCCC)C(OCCCC)C(OCCCC)C2OCCCC)OC(=O)c2ccccc2)C(OCCCC)C=C1OCCCC. The first-order chi connectivity index (χ1) is 30.9. The van der Waals surface area contributed by atoms with Crippen LogP contribution in [0.5, 0.6) is 0 Å².